The number of hydrogen-bond acceptors (Lipinski definition) is 4. The number of anilines is 1. The average Bonchev–Trinajstić information content (AvgIpc) is 2.64. The fraction of sp³-hybridized carbons (Fsp3) is 0.409. The third-order valence-corrected chi connectivity index (χ3v) is 4.54. The van der Waals surface area contributed by atoms with Crippen molar-refractivity contribution in [3.05, 3.63) is 48.5 Å². The first-order chi connectivity index (χ1) is 13.5. The average molecular weight is 385 g/mol. The first-order valence-corrected chi connectivity index (χ1v) is 9.81. The predicted molar refractivity (Wildman–Crippen MR) is 108 cm³/mol. The Morgan fingerprint density at radius 3 is 2.11 bits per heavy atom. The van der Waals surface area contributed by atoms with Gasteiger partial charge in [0.25, 0.3) is 5.91 Å². The summed E-state index contributed by atoms with van der Waals surface area (Å²) in [5.41, 5.74) is 0.762. The van der Waals surface area contributed by atoms with Crippen LogP contribution in [0.5, 0.6) is 17.2 Å². The van der Waals surface area contributed by atoms with Crippen LogP contribution in [0.2, 0.25) is 0 Å². The molecule has 150 valence electrons. The fourth-order valence-corrected chi connectivity index (χ4v) is 3.48. The molecule has 1 amide bonds. The van der Waals surface area contributed by atoms with Crippen molar-refractivity contribution in [2.45, 2.75) is 33.0 Å². The number of carbonyl (C=O) groups is 1. The molecule has 1 aliphatic rings. The zero-order chi connectivity index (χ0) is 19.9. The third-order valence-electron chi connectivity index (χ3n) is 4.54. The Labute approximate surface area is 166 Å². The maximum atomic E-state index is 12.3. The highest BCUT2D eigenvalue weighted by atomic mass is 16.5. The van der Waals surface area contributed by atoms with E-state index in [0.717, 1.165) is 30.3 Å². The number of ether oxygens (including phenoxy) is 3. The van der Waals surface area contributed by atoms with Crippen molar-refractivity contribution in [2.24, 2.45) is 0 Å². The van der Waals surface area contributed by atoms with Crippen LogP contribution < -0.4 is 19.7 Å². The summed E-state index contributed by atoms with van der Waals surface area (Å²) in [6, 6.07) is 14.9. The Morgan fingerprint density at radius 2 is 1.54 bits per heavy atom. The minimum absolute atomic E-state index is 0.0106. The summed E-state index contributed by atoms with van der Waals surface area (Å²) in [5, 5.41) is 2.96. The zero-order valence-electron chi connectivity index (χ0n) is 16.7. The zero-order valence-corrected chi connectivity index (χ0v) is 16.7. The second-order valence-corrected chi connectivity index (χ2v) is 7.17. The fourth-order valence-electron chi connectivity index (χ4n) is 3.48. The highest BCUT2D eigenvalue weighted by Gasteiger charge is 2.27. The van der Waals surface area contributed by atoms with Crippen LogP contribution in [0.3, 0.4) is 0 Å². The quantitative estimate of drug-likeness (QED) is 0.769. The molecule has 0 saturated carbocycles. The van der Waals surface area contributed by atoms with Crippen LogP contribution in [0.4, 0.5) is 5.69 Å². The molecule has 1 aliphatic heterocycles. The van der Waals surface area contributed by atoms with Gasteiger partial charge in [-0.3, -0.25) is 4.79 Å². The summed E-state index contributed by atoms with van der Waals surface area (Å²) in [6.07, 6.45) is 0.371. The van der Waals surface area contributed by atoms with Crippen molar-refractivity contribution in [1.82, 2.24) is 0 Å². The maximum Gasteiger partial charge on any atom is 0.279 e. The van der Waals surface area contributed by atoms with Crippen molar-refractivity contribution in [2.75, 3.05) is 31.6 Å². The van der Waals surface area contributed by atoms with Gasteiger partial charge in [0.05, 0.1) is 6.61 Å². The number of benzene rings is 2. The van der Waals surface area contributed by atoms with Crippen LogP contribution in [-0.4, -0.2) is 44.4 Å². The molecular formula is C22H29N2O4+. The molecule has 2 atom stereocenters. The molecule has 0 spiro atoms. The standard InChI is InChI=1S/C22H28N2O4/c1-4-26-19-9-11-21(12-10-19)28-20-7-5-18(6-8-20)23-22(25)15-24-13-16(2)27-17(3)14-24/h5-12,16-17H,4,13-15H2,1-3H3,(H,23,25)/p+1/t16-,17-/m0/s1. The topological polar surface area (TPSA) is 61.2 Å². The molecule has 2 aromatic rings. The van der Waals surface area contributed by atoms with Gasteiger partial charge in [0.1, 0.15) is 42.5 Å². The van der Waals surface area contributed by atoms with E-state index in [4.69, 9.17) is 14.2 Å². The lowest BCUT2D eigenvalue weighted by molar-refractivity contribution is -0.907. The van der Waals surface area contributed by atoms with E-state index in [9.17, 15) is 4.79 Å². The molecule has 0 unspecified atom stereocenters. The van der Waals surface area contributed by atoms with Gasteiger partial charge in [0.2, 0.25) is 0 Å². The summed E-state index contributed by atoms with van der Waals surface area (Å²) in [4.78, 5) is 13.6. The lowest BCUT2D eigenvalue weighted by Crippen LogP contribution is -3.16. The minimum Gasteiger partial charge on any atom is -0.494 e. The molecule has 28 heavy (non-hydrogen) atoms. The van der Waals surface area contributed by atoms with E-state index >= 15 is 0 Å². The lowest BCUT2D eigenvalue weighted by atomic mass is 10.2. The van der Waals surface area contributed by atoms with Gasteiger partial charge in [-0.1, -0.05) is 0 Å². The molecule has 1 heterocycles. The second-order valence-electron chi connectivity index (χ2n) is 7.17. The third kappa shape index (κ3) is 5.97. The molecule has 0 aromatic heterocycles. The summed E-state index contributed by atoms with van der Waals surface area (Å²) in [5.74, 6) is 2.28. The molecule has 6 heteroatoms. The number of morpholine rings is 1. The van der Waals surface area contributed by atoms with E-state index in [1.165, 1.54) is 4.90 Å². The number of carbonyl (C=O) groups excluding carboxylic acids is 1. The smallest absolute Gasteiger partial charge is 0.279 e. The summed E-state index contributed by atoms with van der Waals surface area (Å²) < 4.78 is 17.0. The molecule has 0 bridgehead atoms. The lowest BCUT2D eigenvalue weighted by Gasteiger charge is -2.31. The Hall–Kier alpha value is -2.57. The van der Waals surface area contributed by atoms with Gasteiger partial charge < -0.3 is 24.4 Å². The molecule has 2 aromatic carbocycles. The normalized spacial score (nSPS) is 21.8. The molecule has 2 N–H and O–H groups in total. The molecule has 6 nitrogen and oxygen atoms in total. The molecule has 0 radical (unpaired) electrons. The highest BCUT2D eigenvalue weighted by molar-refractivity contribution is 5.91. The van der Waals surface area contributed by atoms with Crippen molar-refractivity contribution in [1.29, 1.82) is 0 Å². The SMILES string of the molecule is CCOc1ccc(Oc2ccc(NC(=O)C[NH+]3C[C@H](C)O[C@@H](C)C3)cc2)cc1. The van der Waals surface area contributed by atoms with Crippen LogP contribution in [0.15, 0.2) is 48.5 Å². The van der Waals surface area contributed by atoms with Gasteiger partial charge >= 0.3 is 0 Å². The van der Waals surface area contributed by atoms with Gasteiger partial charge in [-0.2, -0.15) is 0 Å². The molecule has 0 aliphatic carbocycles. The van der Waals surface area contributed by atoms with Crippen LogP contribution in [0, 0.1) is 0 Å². The van der Waals surface area contributed by atoms with E-state index in [1.54, 1.807) is 0 Å². The Kier molecular flexibility index (Phi) is 6.90. The van der Waals surface area contributed by atoms with E-state index in [2.05, 4.69) is 19.2 Å². The number of amides is 1. The van der Waals surface area contributed by atoms with Crippen molar-refractivity contribution >= 4 is 11.6 Å². The number of nitrogens with one attached hydrogen (secondary N) is 2. The van der Waals surface area contributed by atoms with Gasteiger partial charge in [-0.05, 0) is 69.3 Å². The van der Waals surface area contributed by atoms with Crippen molar-refractivity contribution in [3.63, 3.8) is 0 Å². The largest absolute Gasteiger partial charge is 0.494 e. The molecule has 1 fully saturated rings. The summed E-state index contributed by atoms with van der Waals surface area (Å²) in [7, 11) is 0. The van der Waals surface area contributed by atoms with E-state index < -0.39 is 0 Å². The predicted octanol–water partition coefficient (Wildman–Crippen LogP) is 2.51. The van der Waals surface area contributed by atoms with Gasteiger partial charge in [-0.15, -0.1) is 0 Å². The van der Waals surface area contributed by atoms with Gasteiger partial charge in [-0.25, -0.2) is 0 Å². The second kappa shape index (κ2) is 9.57. The van der Waals surface area contributed by atoms with Gasteiger partial charge in [0.15, 0.2) is 6.54 Å². The van der Waals surface area contributed by atoms with Crippen molar-refractivity contribution < 1.29 is 23.9 Å². The summed E-state index contributed by atoms with van der Waals surface area (Å²) >= 11 is 0. The monoisotopic (exact) mass is 385 g/mol. The number of hydrogen-bond donors (Lipinski definition) is 2. The first-order valence-electron chi connectivity index (χ1n) is 9.81. The van der Waals surface area contributed by atoms with E-state index in [1.807, 2.05) is 55.5 Å². The number of quaternary nitrogens is 1. The first kappa shape index (κ1) is 20.2. The van der Waals surface area contributed by atoms with Crippen LogP contribution in [-0.2, 0) is 9.53 Å². The Morgan fingerprint density at radius 1 is 1.00 bits per heavy atom. The van der Waals surface area contributed by atoms with Crippen LogP contribution in [0.1, 0.15) is 20.8 Å². The minimum atomic E-state index is 0.0106. The van der Waals surface area contributed by atoms with Crippen molar-refractivity contribution in [3.8, 4) is 17.2 Å². The molecule has 1 saturated heterocycles. The van der Waals surface area contributed by atoms with E-state index in [0.29, 0.717) is 18.9 Å². The summed E-state index contributed by atoms with van der Waals surface area (Å²) in [6.45, 7) is 8.85. The number of rotatable bonds is 7. The van der Waals surface area contributed by atoms with Crippen LogP contribution in [0.25, 0.3) is 0 Å². The Bertz CT molecular complexity index is 751. The van der Waals surface area contributed by atoms with E-state index in [-0.39, 0.29) is 18.1 Å². The van der Waals surface area contributed by atoms with Gasteiger partial charge in [0, 0.05) is 5.69 Å². The molecule has 3 rings (SSSR count). The molecular weight excluding hydrogens is 356 g/mol. The highest BCUT2D eigenvalue weighted by Crippen LogP contribution is 2.25. The van der Waals surface area contributed by atoms with Crippen LogP contribution >= 0.6 is 0 Å². The Balaban J connectivity index is 1.50. The maximum absolute atomic E-state index is 12.3.